The minimum atomic E-state index is 0.406. The SMILES string of the molecule is CC1=C(Cl)c2c(C)ccc(C)c2C1CCC1C(C)=C(Cl)c2c(C)ccc(C)c21. The Hall–Kier alpha value is -1.50. The summed E-state index contributed by atoms with van der Waals surface area (Å²) in [6.07, 6.45) is 2.19. The lowest BCUT2D eigenvalue weighted by molar-refractivity contribution is 0.607. The van der Waals surface area contributed by atoms with Crippen LogP contribution in [0.15, 0.2) is 35.4 Å². The zero-order chi connectivity index (χ0) is 20.3. The van der Waals surface area contributed by atoms with Gasteiger partial charge in [-0.15, -0.1) is 0 Å². The van der Waals surface area contributed by atoms with Gasteiger partial charge in [-0.2, -0.15) is 0 Å². The molecule has 2 aromatic carbocycles. The van der Waals surface area contributed by atoms with Crippen molar-refractivity contribution in [3.63, 3.8) is 0 Å². The topological polar surface area (TPSA) is 0 Å². The van der Waals surface area contributed by atoms with Gasteiger partial charge in [0, 0.05) is 33.0 Å². The van der Waals surface area contributed by atoms with Crippen LogP contribution >= 0.6 is 23.2 Å². The third-order valence-corrected chi connectivity index (χ3v) is 7.94. The molecule has 146 valence electrons. The van der Waals surface area contributed by atoms with E-state index in [-0.39, 0.29) is 0 Å². The van der Waals surface area contributed by atoms with Crippen molar-refractivity contribution in [3.8, 4) is 0 Å². The molecule has 0 aliphatic heterocycles. The average Bonchev–Trinajstić information content (AvgIpc) is 3.07. The lowest BCUT2D eigenvalue weighted by atomic mass is 9.82. The van der Waals surface area contributed by atoms with Crippen LogP contribution in [0.5, 0.6) is 0 Å². The van der Waals surface area contributed by atoms with E-state index in [2.05, 4.69) is 65.8 Å². The number of halogens is 2. The Bertz CT molecular complexity index is 967. The highest BCUT2D eigenvalue weighted by molar-refractivity contribution is 6.50. The number of rotatable bonds is 3. The second kappa shape index (κ2) is 7.08. The maximum atomic E-state index is 6.79. The van der Waals surface area contributed by atoms with Crippen molar-refractivity contribution in [2.75, 3.05) is 0 Å². The first kappa shape index (κ1) is 19.8. The van der Waals surface area contributed by atoms with E-state index < -0.39 is 0 Å². The van der Waals surface area contributed by atoms with E-state index in [9.17, 15) is 0 Å². The van der Waals surface area contributed by atoms with Gasteiger partial charge in [0.05, 0.1) is 0 Å². The molecule has 0 N–H and O–H groups in total. The Morgan fingerprint density at radius 1 is 0.571 bits per heavy atom. The van der Waals surface area contributed by atoms with Crippen molar-refractivity contribution < 1.29 is 0 Å². The Kier molecular flexibility index (Phi) is 5.01. The summed E-state index contributed by atoms with van der Waals surface area (Å²) in [6.45, 7) is 13.2. The van der Waals surface area contributed by atoms with Crippen LogP contribution in [0.1, 0.15) is 83.0 Å². The molecule has 0 nitrogen and oxygen atoms in total. The van der Waals surface area contributed by atoms with Gasteiger partial charge in [-0.1, -0.05) is 47.5 Å². The molecule has 2 aliphatic carbocycles. The van der Waals surface area contributed by atoms with Gasteiger partial charge in [-0.05, 0) is 98.9 Å². The quantitative estimate of drug-likeness (QED) is 0.475. The summed E-state index contributed by atoms with van der Waals surface area (Å²) in [7, 11) is 0. The molecule has 0 spiro atoms. The molecule has 0 saturated heterocycles. The lowest BCUT2D eigenvalue weighted by Crippen LogP contribution is -2.06. The summed E-state index contributed by atoms with van der Waals surface area (Å²) in [4.78, 5) is 0. The lowest BCUT2D eigenvalue weighted by Gasteiger charge is -2.22. The van der Waals surface area contributed by atoms with Crippen molar-refractivity contribution in [2.24, 2.45) is 0 Å². The molecule has 2 aliphatic rings. The first-order valence-corrected chi connectivity index (χ1v) is 10.9. The van der Waals surface area contributed by atoms with Crippen molar-refractivity contribution in [2.45, 2.75) is 66.2 Å². The maximum absolute atomic E-state index is 6.79. The van der Waals surface area contributed by atoms with E-state index in [4.69, 9.17) is 23.2 Å². The smallest absolute Gasteiger partial charge is 0.0479 e. The fraction of sp³-hybridized carbons (Fsp3) is 0.385. The minimum Gasteiger partial charge on any atom is -0.0837 e. The monoisotopic (exact) mass is 410 g/mol. The average molecular weight is 411 g/mol. The van der Waals surface area contributed by atoms with Crippen LogP contribution in [0, 0.1) is 27.7 Å². The summed E-state index contributed by atoms with van der Waals surface area (Å²) in [5.74, 6) is 0.811. The van der Waals surface area contributed by atoms with Crippen LogP contribution in [0.4, 0.5) is 0 Å². The fourth-order valence-electron chi connectivity index (χ4n) is 5.33. The number of aryl methyl sites for hydroxylation is 4. The standard InChI is InChI=1S/C26H28Cl2/c1-13-7-9-15(3)23-21(13)19(17(5)25(23)27)11-12-20-18(6)26(28)24-16(4)10-8-14(2)22(20)24/h7-10,19-20H,11-12H2,1-6H3. The van der Waals surface area contributed by atoms with Gasteiger partial charge in [0.15, 0.2) is 0 Å². The molecule has 0 radical (unpaired) electrons. The second-order valence-electron chi connectivity index (χ2n) is 8.65. The molecule has 2 atom stereocenters. The van der Waals surface area contributed by atoms with Crippen molar-refractivity contribution in [1.29, 1.82) is 0 Å². The van der Waals surface area contributed by atoms with Gasteiger partial charge >= 0.3 is 0 Å². The molecular formula is C26H28Cl2. The highest BCUT2D eigenvalue weighted by atomic mass is 35.5. The number of fused-ring (bicyclic) bond motifs is 2. The summed E-state index contributed by atoms with van der Waals surface area (Å²) in [5, 5.41) is 1.93. The van der Waals surface area contributed by atoms with Crippen molar-refractivity contribution >= 4 is 33.3 Å². The molecule has 28 heavy (non-hydrogen) atoms. The first-order chi connectivity index (χ1) is 13.2. The van der Waals surface area contributed by atoms with Crippen LogP contribution in [-0.4, -0.2) is 0 Å². The Morgan fingerprint density at radius 2 is 0.893 bits per heavy atom. The van der Waals surface area contributed by atoms with Crippen LogP contribution in [0.25, 0.3) is 10.1 Å². The molecule has 4 rings (SSSR count). The summed E-state index contributed by atoms with van der Waals surface area (Å²) in [6, 6.07) is 8.87. The van der Waals surface area contributed by atoms with E-state index in [1.807, 2.05) is 0 Å². The summed E-state index contributed by atoms with van der Waals surface area (Å²) < 4.78 is 0. The summed E-state index contributed by atoms with van der Waals surface area (Å²) in [5.41, 5.74) is 13.3. The van der Waals surface area contributed by atoms with Crippen LogP contribution < -0.4 is 0 Å². The van der Waals surface area contributed by atoms with E-state index in [0.29, 0.717) is 11.8 Å². The highest BCUT2D eigenvalue weighted by Crippen LogP contribution is 2.52. The predicted octanol–water partition coefficient (Wildman–Crippen LogP) is 8.53. The summed E-state index contributed by atoms with van der Waals surface area (Å²) >= 11 is 13.6. The molecule has 0 saturated carbocycles. The molecule has 0 aromatic heterocycles. The minimum absolute atomic E-state index is 0.406. The second-order valence-corrected chi connectivity index (χ2v) is 9.41. The molecule has 0 amide bonds. The van der Waals surface area contributed by atoms with Crippen molar-refractivity contribution in [3.05, 3.63) is 79.9 Å². The van der Waals surface area contributed by atoms with Gasteiger partial charge in [0.1, 0.15) is 0 Å². The number of benzene rings is 2. The molecule has 2 heteroatoms. The van der Waals surface area contributed by atoms with Crippen LogP contribution in [0.2, 0.25) is 0 Å². The molecule has 2 unspecified atom stereocenters. The fourth-order valence-corrected chi connectivity index (χ4v) is 6.10. The zero-order valence-corrected chi connectivity index (χ0v) is 19.1. The van der Waals surface area contributed by atoms with E-state index in [1.54, 1.807) is 0 Å². The third kappa shape index (κ3) is 2.80. The Morgan fingerprint density at radius 3 is 1.25 bits per heavy atom. The number of hydrogen-bond acceptors (Lipinski definition) is 0. The van der Waals surface area contributed by atoms with Gasteiger partial charge < -0.3 is 0 Å². The molecule has 0 fully saturated rings. The molecular weight excluding hydrogens is 383 g/mol. The van der Waals surface area contributed by atoms with Crippen molar-refractivity contribution in [1.82, 2.24) is 0 Å². The highest BCUT2D eigenvalue weighted by Gasteiger charge is 2.34. The van der Waals surface area contributed by atoms with E-state index in [1.165, 1.54) is 55.7 Å². The Labute approximate surface area is 179 Å². The van der Waals surface area contributed by atoms with Crippen LogP contribution in [0.3, 0.4) is 0 Å². The Balaban J connectivity index is 1.70. The van der Waals surface area contributed by atoms with E-state index in [0.717, 1.165) is 22.9 Å². The van der Waals surface area contributed by atoms with Crippen LogP contribution in [-0.2, 0) is 0 Å². The number of hydrogen-bond donors (Lipinski definition) is 0. The predicted molar refractivity (Wildman–Crippen MR) is 123 cm³/mol. The van der Waals surface area contributed by atoms with E-state index >= 15 is 0 Å². The molecule has 2 aromatic rings. The number of allylic oxidation sites excluding steroid dienone is 2. The largest absolute Gasteiger partial charge is 0.0837 e. The zero-order valence-electron chi connectivity index (χ0n) is 17.6. The molecule has 0 heterocycles. The normalized spacial score (nSPS) is 20.9. The third-order valence-electron chi connectivity index (χ3n) is 6.96. The maximum Gasteiger partial charge on any atom is 0.0479 e. The first-order valence-electron chi connectivity index (χ1n) is 10.2. The van der Waals surface area contributed by atoms with Gasteiger partial charge in [-0.25, -0.2) is 0 Å². The van der Waals surface area contributed by atoms with Gasteiger partial charge in [0.25, 0.3) is 0 Å². The van der Waals surface area contributed by atoms with Gasteiger partial charge in [-0.3, -0.25) is 0 Å². The van der Waals surface area contributed by atoms with Gasteiger partial charge in [0.2, 0.25) is 0 Å². The molecule has 0 bridgehead atoms.